The molecule has 0 amide bonds. The molecule has 0 spiro atoms. The zero-order valence-electron chi connectivity index (χ0n) is 29.9. The van der Waals surface area contributed by atoms with Gasteiger partial charge in [0.05, 0.1) is 11.0 Å². The van der Waals surface area contributed by atoms with Crippen molar-refractivity contribution in [1.82, 2.24) is 4.57 Å². The first kappa shape index (κ1) is 29.7. The molecule has 1 aliphatic rings. The van der Waals surface area contributed by atoms with Gasteiger partial charge in [0.15, 0.2) is 0 Å². The third kappa shape index (κ3) is 3.96. The van der Waals surface area contributed by atoms with E-state index in [1.165, 1.54) is 55.2 Å². The van der Waals surface area contributed by atoms with E-state index in [-0.39, 0.29) is 5.41 Å². The Morgan fingerprint density at radius 1 is 0.389 bits per heavy atom. The van der Waals surface area contributed by atoms with Gasteiger partial charge in [0.2, 0.25) is 0 Å². The molecule has 0 bridgehead atoms. The summed E-state index contributed by atoms with van der Waals surface area (Å²) in [5.41, 5.74) is 17.1. The summed E-state index contributed by atoms with van der Waals surface area (Å²) in [6.07, 6.45) is 0. The van der Waals surface area contributed by atoms with Gasteiger partial charge in [-0.2, -0.15) is 0 Å². The molecule has 0 saturated heterocycles. The van der Waals surface area contributed by atoms with Crippen molar-refractivity contribution in [3.05, 3.63) is 175 Å². The topological polar surface area (TPSA) is 31.2 Å². The van der Waals surface area contributed by atoms with Crippen LogP contribution in [0.4, 0.5) is 0 Å². The second kappa shape index (κ2) is 10.6. The third-order valence-electron chi connectivity index (χ3n) is 12.0. The zero-order chi connectivity index (χ0) is 35.7. The summed E-state index contributed by atoms with van der Waals surface area (Å²) in [6, 6.07) is 59.4. The second-order valence-corrected chi connectivity index (χ2v) is 15.3. The molecule has 3 nitrogen and oxygen atoms in total. The number of aromatic nitrogens is 1. The summed E-state index contributed by atoms with van der Waals surface area (Å²) in [5, 5.41) is 6.98. The molecule has 0 aliphatic heterocycles. The molecule has 0 fully saturated rings. The van der Waals surface area contributed by atoms with E-state index in [1.807, 2.05) is 24.3 Å². The van der Waals surface area contributed by atoms with Crippen LogP contribution in [0.15, 0.2) is 173 Å². The number of rotatable bonds is 3. The fourth-order valence-electron chi connectivity index (χ4n) is 9.49. The Morgan fingerprint density at radius 3 is 1.50 bits per heavy atom. The molecule has 3 heteroatoms. The van der Waals surface area contributed by atoms with E-state index in [2.05, 4.69) is 158 Å². The molecular weight excluding hydrogens is 659 g/mol. The fourth-order valence-corrected chi connectivity index (χ4v) is 9.49. The van der Waals surface area contributed by atoms with Crippen molar-refractivity contribution < 1.29 is 8.83 Å². The monoisotopic (exact) mass is 691 g/mol. The number of hydrogen-bond donors (Lipinski definition) is 0. The Hall–Kier alpha value is -6.84. The maximum atomic E-state index is 6.26. The van der Waals surface area contributed by atoms with Crippen molar-refractivity contribution in [3.8, 4) is 39.1 Å². The summed E-state index contributed by atoms with van der Waals surface area (Å²) in [6.45, 7) is 4.71. The molecule has 54 heavy (non-hydrogen) atoms. The predicted octanol–water partition coefficient (Wildman–Crippen LogP) is 14.2. The third-order valence-corrected chi connectivity index (χ3v) is 12.0. The van der Waals surface area contributed by atoms with Gasteiger partial charge in [0.1, 0.15) is 22.3 Å². The van der Waals surface area contributed by atoms with Crippen LogP contribution < -0.4 is 0 Å². The molecule has 8 aromatic carbocycles. The minimum absolute atomic E-state index is 0.109. The van der Waals surface area contributed by atoms with Crippen LogP contribution in [0.2, 0.25) is 0 Å². The number of fused-ring (bicyclic) bond motifs is 12. The van der Waals surface area contributed by atoms with Crippen molar-refractivity contribution in [1.29, 1.82) is 0 Å². The van der Waals surface area contributed by atoms with E-state index in [4.69, 9.17) is 8.83 Å². The molecule has 0 saturated carbocycles. The first-order chi connectivity index (χ1) is 26.5. The van der Waals surface area contributed by atoms with Gasteiger partial charge >= 0.3 is 0 Å². The predicted molar refractivity (Wildman–Crippen MR) is 224 cm³/mol. The Labute approximate surface area is 311 Å². The molecular formula is C51H33NO2. The van der Waals surface area contributed by atoms with Gasteiger partial charge in [-0.1, -0.05) is 117 Å². The van der Waals surface area contributed by atoms with Crippen LogP contribution in [0.3, 0.4) is 0 Å². The molecule has 0 N–H and O–H groups in total. The number of furan rings is 2. The first-order valence-electron chi connectivity index (χ1n) is 18.7. The van der Waals surface area contributed by atoms with E-state index in [0.29, 0.717) is 0 Å². The molecule has 3 heterocycles. The molecule has 0 radical (unpaired) electrons. The van der Waals surface area contributed by atoms with Gasteiger partial charge in [-0.05, 0) is 105 Å². The van der Waals surface area contributed by atoms with E-state index < -0.39 is 0 Å². The summed E-state index contributed by atoms with van der Waals surface area (Å²) >= 11 is 0. The van der Waals surface area contributed by atoms with Crippen molar-refractivity contribution in [2.45, 2.75) is 19.3 Å². The standard InChI is InChI=1S/C51H33NO2/c1-51(2)41-16-6-3-11-35(41)36-24-23-32(29-42(36)51)52-43-17-9-14-33(30-21-25-47-39(27-30)37-12-4-7-19-45(37)53-47)49(43)50-34(15-10-18-44(50)52)31-22-26-48-40(28-31)38-13-5-8-20-46(38)54-48/h3-29H,1-2H3. The lowest BCUT2D eigenvalue weighted by Gasteiger charge is -2.22. The summed E-state index contributed by atoms with van der Waals surface area (Å²) in [7, 11) is 0. The highest BCUT2D eigenvalue weighted by molar-refractivity contribution is 6.22. The lowest BCUT2D eigenvalue weighted by atomic mass is 9.82. The fraction of sp³-hybridized carbons (Fsp3) is 0.0588. The van der Waals surface area contributed by atoms with E-state index >= 15 is 0 Å². The minimum Gasteiger partial charge on any atom is -0.456 e. The van der Waals surface area contributed by atoms with Gasteiger partial charge < -0.3 is 13.4 Å². The average molecular weight is 692 g/mol. The number of benzene rings is 8. The van der Waals surface area contributed by atoms with Crippen molar-refractivity contribution in [2.24, 2.45) is 0 Å². The van der Waals surface area contributed by atoms with Crippen LogP contribution in [0, 0.1) is 0 Å². The quantitative estimate of drug-likeness (QED) is 0.185. The Balaban J connectivity index is 1.17. The number of hydrogen-bond acceptors (Lipinski definition) is 2. The average Bonchev–Trinajstić information content (AvgIpc) is 3.94. The van der Waals surface area contributed by atoms with Crippen LogP contribution in [0.25, 0.3) is 105 Å². The maximum Gasteiger partial charge on any atom is 0.135 e. The smallest absolute Gasteiger partial charge is 0.135 e. The molecule has 12 rings (SSSR count). The van der Waals surface area contributed by atoms with Gasteiger partial charge in [-0.15, -0.1) is 0 Å². The SMILES string of the molecule is CC1(C)c2ccccc2-c2ccc(-n3c4cccc(-c5ccc6oc7ccccc7c6c5)c4c4c(-c5ccc6oc7ccccc7c6c5)cccc43)cc21. The Bertz CT molecular complexity index is 3200. The molecule has 0 atom stereocenters. The Morgan fingerprint density at radius 2 is 0.889 bits per heavy atom. The lowest BCUT2D eigenvalue weighted by molar-refractivity contribution is 0.660. The van der Waals surface area contributed by atoms with Crippen molar-refractivity contribution in [2.75, 3.05) is 0 Å². The Kier molecular flexibility index (Phi) is 5.84. The van der Waals surface area contributed by atoms with Gasteiger partial charge in [0, 0.05) is 43.4 Å². The molecule has 254 valence electrons. The number of para-hydroxylation sites is 2. The minimum atomic E-state index is -0.109. The molecule has 11 aromatic rings. The van der Waals surface area contributed by atoms with E-state index in [1.54, 1.807) is 0 Å². The molecule has 3 aromatic heterocycles. The highest BCUT2D eigenvalue weighted by atomic mass is 16.3. The van der Waals surface area contributed by atoms with Gasteiger partial charge in [0.25, 0.3) is 0 Å². The van der Waals surface area contributed by atoms with Crippen molar-refractivity contribution >= 4 is 65.7 Å². The van der Waals surface area contributed by atoms with Gasteiger partial charge in [-0.25, -0.2) is 0 Å². The van der Waals surface area contributed by atoms with E-state index in [0.717, 1.165) is 60.7 Å². The van der Waals surface area contributed by atoms with Crippen LogP contribution in [0.5, 0.6) is 0 Å². The summed E-state index contributed by atoms with van der Waals surface area (Å²) in [5.74, 6) is 0. The summed E-state index contributed by atoms with van der Waals surface area (Å²) in [4.78, 5) is 0. The highest BCUT2D eigenvalue weighted by Gasteiger charge is 2.35. The molecule has 1 aliphatic carbocycles. The summed E-state index contributed by atoms with van der Waals surface area (Å²) < 4.78 is 15.0. The lowest BCUT2D eigenvalue weighted by Crippen LogP contribution is -2.15. The molecule has 0 unspecified atom stereocenters. The van der Waals surface area contributed by atoms with Crippen LogP contribution in [-0.2, 0) is 5.41 Å². The largest absolute Gasteiger partial charge is 0.456 e. The van der Waals surface area contributed by atoms with Crippen molar-refractivity contribution in [3.63, 3.8) is 0 Å². The second-order valence-electron chi connectivity index (χ2n) is 15.3. The maximum absolute atomic E-state index is 6.26. The zero-order valence-corrected chi connectivity index (χ0v) is 29.9. The van der Waals surface area contributed by atoms with Crippen LogP contribution in [-0.4, -0.2) is 4.57 Å². The van der Waals surface area contributed by atoms with E-state index in [9.17, 15) is 0 Å². The first-order valence-corrected chi connectivity index (χ1v) is 18.7. The van der Waals surface area contributed by atoms with Crippen LogP contribution in [0.1, 0.15) is 25.0 Å². The van der Waals surface area contributed by atoms with Gasteiger partial charge in [-0.3, -0.25) is 0 Å². The normalized spacial score (nSPS) is 13.5. The highest BCUT2D eigenvalue weighted by Crippen LogP contribution is 2.50. The van der Waals surface area contributed by atoms with Crippen LogP contribution >= 0.6 is 0 Å². The number of nitrogens with zero attached hydrogens (tertiary/aromatic N) is 1.